The van der Waals surface area contributed by atoms with Gasteiger partial charge in [-0.2, -0.15) is 0 Å². The average Bonchev–Trinajstić information content (AvgIpc) is 2.62. The fraction of sp³-hybridized carbons (Fsp3) is 0.381. The van der Waals surface area contributed by atoms with E-state index >= 15 is 0 Å². The van der Waals surface area contributed by atoms with Crippen LogP contribution in [-0.2, 0) is 11.2 Å². The molecule has 5 nitrogen and oxygen atoms in total. The molecule has 0 spiro atoms. The summed E-state index contributed by atoms with van der Waals surface area (Å²) in [4.78, 5) is 14.0. The smallest absolute Gasteiger partial charge is 0.234 e. The molecule has 0 unspecified atom stereocenters. The van der Waals surface area contributed by atoms with Gasteiger partial charge in [0.1, 0.15) is 18.1 Å². The number of nitrogens with one attached hydrogen (secondary N) is 1. The summed E-state index contributed by atoms with van der Waals surface area (Å²) >= 11 is 0. The molecule has 0 saturated carbocycles. The second kappa shape index (κ2) is 10.5. The number of amides is 1. The highest BCUT2D eigenvalue weighted by molar-refractivity contribution is 5.77. The second-order valence-electron chi connectivity index (χ2n) is 6.35. The Kier molecular flexibility index (Phi) is 7.96. The van der Waals surface area contributed by atoms with Crippen molar-refractivity contribution in [2.45, 2.75) is 13.3 Å². The van der Waals surface area contributed by atoms with Crippen molar-refractivity contribution >= 4 is 5.91 Å². The summed E-state index contributed by atoms with van der Waals surface area (Å²) < 4.78 is 10.8. The van der Waals surface area contributed by atoms with Crippen LogP contribution in [0.4, 0.5) is 0 Å². The lowest BCUT2D eigenvalue weighted by molar-refractivity contribution is -0.121. The van der Waals surface area contributed by atoms with Crippen LogP contribution in [0.2, 0.25) is 0 Å². The third-order valence-corrected chi connectivity index (χ3v) is 4.04. The van der Waals surface area contributed by atoms with Crippen LogP contribution in [0.15, 0.2) is 48.5 Å². The van der Waals surface area contributed by atoms with Crippen molar-refractivity contribution in [1.29, 1.82) is 0 Å². The maximum atomic E-state index is 12.0. The largest absolute Gasteiger partial charge is 0.497 e. The summed E-state index contributed by atoms with van der Waals surface area (Å²) in [5, 5.41) is 2.95. The van der Waals surface area contributed by atoms with Gasteiger partial charge in [-0.3, -0.25) is 9.69 Å². The molecule has 0 saturated heterocycles. The van der Waals surface area contributed by atoms with Gasteiger partial charge in [0, 0.05) is 13.1 Å². The molecule has 0 heterocycles. The number of likely N-dealkylation sites (N-methyl/N-ethyl adjacent to an activating group) is 1. The maximum absolute atomic E-state index is 12.0. The van der Waals surface area contributed by atoms with Crippen molar-refractivity contribution in [1.82, 2.24) is 10.2 Å². The van der Waals surface area contributed by atoms with Crippen LogP contribution in [0.1, 0.15) is 11.1 Å². The normalized spacial score (nSPS) is 10.6. The lowest BCUT2D eigenvalue weighted by Crippen LogP contribution is -2.37. The molecule has 0 aliphatic carbocycles. The second-order valence-corrected chi connectivity index (χ2v) is 6.35. The molecular weight excluding hydrogens is 328 g/mol. The van der Waals surface area contributed by atoms with Crippen LogP contribution in [0.25, 0.3) is 0 Å². The van der Waals surface area contributed by atoms with Crippen LogP contribution < -0.4 is 14.8 Å². The van der Waals surface area contributed by atoms with Gasteiger partial charge in [-0.1, -0.05) is 24.3 Å². The van der Waals surface area contributed by atoms with E-state index in [1.165, 1.54) is 11.1 Å². The fourth-order valence-electron chi connectivity index (χ4n) is 2.54. The van der Waals surface area contributed by atoms with Crippen molar-refractivity contribution < 1.29 is 14.3 Å². The summed E-state index contributed by atoms with van der Waals surface area (Å²) in [6.07, 6.45) is 0.802. The molecule has 2 aromatic rings. The molecule has 2 rings (SSSR count). The molecule has 2 aromatic carbocycles. The number of hydrogen-bond donors (Lipinski definition) is 1. The van der Waals surface area contributed by atoms with E-state index in [1.807, 2.05) is 67.4 Å². The number of hydrogen-bond acceptors (Lipinski definition) is 4. The van der Waals surface area contributed by atoms with E-state index < -0.39 is 0 Å². The van der Waals surface area contributed by atoms with E-state index in [9.17, 15) is 4.79 Å². The molecule has 26 heavy (non-hydrogen) atoms. The van der Waals surface area contributed by atoms with E-state index in [-0.39, 0.29) is 5.91 Å². The van der Waals surface area contributed by atoms with Gasteiger partial charge in [-0.05, 0) is 55.8 Å². The quantitative estimate of drug-likeness (QED) is 0.711. The Balaban J connectivity index is 1.60. The predicted molar refractivity (Wildman–Crippen MR) is 104 cm³/mol. The topological polar surface area (TPSA) is 50.8 Å². The van der Waals surface area contributed by atoms with Gasteiger partial charge in [0.15, 0.2) is 0 Å². The van der Waals surface area contributed by atoms with Gasteiger partial charge in [-0.25, -0.2) is 0 Å². The number of benzene rings is 2. The Morgan fingerprint density at radius 3 is 2.58 bits per heavy atom. The summed E-state index contributed by atoms with van der Waals surface area (Å²) in [6.45, 7) is 4.27. The highest BCUT2D eigenvalue weighted by atomic mass is 16.5. The van der Waals surface area contributed by atoms with E-state index in [0.29, 0.717) is 26.2 Å². The summed E-state index contributed by atoms with van der Waals surface area (Å²) in [6, 6.07) is 15.8. The molecule has 0 fully saturated rings. The van der Waals surface area contributed by atoms with E-state index in [2.05, 4.69) is 5.32 Å². The first-order valence-corrected chi connectivity index (χ1v) is 8.84. The first-order valence-electron chi connectivity index (χ1n) is 8.84. The lowest BCUT2D eigenvalue weighted by atomic mass is 10.1. The molecule has 1 amide bonds. The standard InChI is InChI=1S/C21H28N2O3/c1-17-5-4-6-20(15-17)26-14-13-23(2)16-21(24)22-12-11-18-7-9-19(25-3)10-8-18/h4-10,15H,11-14,16H2,1-3H3,(H,22,24). The van der Waals surface area contributed by atoms with Gasteiger partial charge >= 0.3 is 0 Å². The minimum Gasteiger partial charge on any atom is -0.497 e. The minimum absolute atomic E-state index is 0.0246. The molecule has 0 atom stereocenters. The molecular formula is C21H28N2O3. The van der Waals surface area contributed by atoms with Crippen LogP contribution in [0.3, 0.4) is 0 Å². The zero-order valence-electron chi connectivity index (χ0n) is 15.8. The van der Waals surface area contributed by atoms with Crippen LogP contribution >= 0.6 is 0 Å². The zero-order valence-corrected chi connectivity index (χ0v) is 15.8. The number of carbonyl (C=O) groups excluding carboxylic acids is 1. The van der Waals surface area contributed by atoms with Crippen LogP contribution in [0.5, 0.6) is 11.5 Å². The summed E-state index contributed by atoms with van der Waals surface area (Å²) in [7, 11) is 3.57. The Morgan fingerprint density at radius 1 is 1.12 bits per heavy atom. The summed E-state index contributed by atoms with van der Waals surface area (Å²) in [5.41, 5.74) is 2.35. The molecule has 1 N–H and O–H groups in total. The van der Waals surface area contributed by atoms with E-state index in [1.54, 1.807) is 7.11 Å². The molecule has 5 heteroatoms. The first-order chi connectivity index (χ1) is 12.6. The molecule has 0 radical (unpaired) electrons. The average molecular weight is 356 g/mol. The summed E-state index contributed by atoms with van der Waals surface area (Å²) in [5.74, 6) is 1.73. The SMILES string of the molecule is COc1ccc(CCNC(=O)CN(C)CCOc2cccc(C)c2)cc1. The van der Waals surface area contributed by atoms with Crippen molar-refractivity contribution in [3.8, 4) is 11.5 Å². The van der Waals surface area contributed by atoms with Crippen LogP contribution in [0, 0.1) is 6.92 Å². The van der Waals surface area contributed by atoms with Gasteiger partial charge < -0.3 is 14.8 Å². The Labute approximate surface area is 155 Å². The Morgan fingerprint density at radius 2 is 1.88 bits per heavy atom. The predicted octanol–water partition coefficient (Wildman–Crippen LogP) is 2.67. The third-order valence-electron chi connectivity index (χ3n) is 4.04. The molecule has 0 aromatic heterocycles. The number of aryl methyl sites for hydroxylation is 1. The number of methoxy groups -OCH3 is 1. The van der Waals surface area contributed by atoms with E-state index in [0.717, 1.165) is 17.9 Å². The van der Waals surface area contributed by atoms with Crippen molar-refractivity contribution in [2.75, 3.05) is 40.4 Å². The highest BCUT2D eigenvalue weighted by Crippen LogP contribution is 2.12. The minimum atomic E-state index is 0.0246. The number of carbonyl (C=O) groups is 1. The fourth-order valence-corrected chi connectivity index (χ4v) is 2.54. The van der Waals surface area contributed by atoms with Gasteiger partial charge in [0.2, 0.25) is 5.91 Å². The molecule has 0 aliphatic rings. The van der Waals surface area contributed by atoms with Gasteiger partial charge in [0.05, 0.1) is 13.7 Å². The molecule has 140 valence electrons. The highest BCUT2D eigenvalue weighted by Gasteiger charge is 2.06. The van der Waals surface area contributed by atoms with Crippen LogP contribution in [-0.4, -0.2) is 51.2 Å². The number of nitrogens with zero attached hydrogens (tertiary/aromatic N) is 1. The first kappa shape index (κ1) is 19.8. The Bertz CT molecular complexity index is 686. The zero-order chi connectivity index (χ0) is 18.8. The van der Waals surface area contributed by atoms with Gasteiger partial charge in [-0.15, -0.1) is 0 Å². The maximum Gasteiger partial charge on any atom is 0.234 e. The lowest BCUT2D eigenvalue weighted by Gasteiger charge is -2.16. The van der Waals surface area contributed by atoms with Gasteiger partial charge in [0.25, 0.3) is 0 Å². The van der Waals surface area contributed by atoms with Crippen molar-refractivity contribution in [3.05, 3.63) is 59.7 Å². The number of rotatable bonds is 10. The van der Waals surface area contributed by atoms with Crippen molar-refractivity contribution in [3.63, 3.8) is 0 Å². The third kappa shape index (κ3) is 7.15. The monoisotopic (exact) mass is 356 g/mol. The van der Waals surface area contributed by atoms with E-state index in [4.69, 9.17) is 9.47 Å². The van der Waals surface area contributed by atoms with Crippen molar-refractivity contribution in [2.24, 2.45) is 0 Å². The number of ether oxygens (including phenoxy) is 2. The molecule has 0 bridgehead atoms. The Hall–Kier alpha value is -2.53. The molecule has 0 aliphatic heterocycles.